The number of nitrogens with zero attached hydrogens (tertiary/aromatic N) is 6. The summed E-state index contributed by atoms with van der Waals surface area (Å²) >= 11 is 0. The van der Waals surface area contributed by atoms with Crippen molar-refractivity contribution in [3.05, 3.63) is 78.2 Å². The molecular formula is C33H37N7O4. The number of methoxy groups -OCH3 is 2. The van der Waals surface area contributed by atoms with Gasteiger partial charge in [0.15, 0.2) is 5.65 Å². The second kappa shape index (κ2) is 12.0. The first-order valence-corrected chi connectivity index (χ1v) is 15.1. The zero-order valence-electron chi connectivity index (χ0n) is 25.2. The fourth-order valence-electron chi connectivity index (χ4n) is 6.37. The average molecular weight is 596 g/mol. The lowest BCUT2D eigenvalue weighted by Gasteiger charge is -2.35. The molecule has 2 fully saturated rings. The number of benzene rings is 1. The molecule has 1 aliphatic heterocycles. The number of nitrogens with one attached hydrogen (secondary N) is 1. The molecule has 228 valence electrons. The zero-order chi connectivity index (χ0) is 30.2. The Balaban J connectivity index is 1.33. The Bertz CT molecular complexity index is 1780. The Morgan fingerprint density at radius 3 is 2.77 bits per heavy atom. The van der Waals surface area contributed by atoms with E-state index in [9.17, 15) is 4.79 Å². The van der Waals surface area contributed by atoms with E-state index in [1.807, 2.05) is 43.6 Å². The number of carbonyl (C=O) groups excluding carboxylic acids is 1. The number of anilines is 1. The van der Waals surface area contributed by atoms with Gasteiger partial charge in [-0.3, -0.25) is 4.79 Å². The number of aromatic nitrogens is 5. The van der Waals surface area contributed by atoms with Crippen LogP contribution in [0.3, 0.4) is 0 Å². The van der Waals surface area contributed by atoms with Gasteiger partial charge in [-0.2, -0.15) is 9.61 Å². The maximum atomic E-state index is 13.6. The maximum absolute atomic E-state index is 13.6. The van der Waals surface area contributed by atoms with Crippen LogP contribution in [0.5, 0.6) is 0 Å². The molecule has 11 nitrogen and oxygen atoms in total. The van der Waals surface area contributed by atoms with Crippen LogP contribution in [-0.4, -0.2) is 82.8 Å². The molecule has 1 saturated carbocycles. The highest BCUT2D eigenvalue weighted by atomic mass is 16.5. The number of fused-ring (bicyclic) bond motifs is 2. The topological polar surface area (TPSA) is 108 Å². The summed E-state index contributed by atoms with van der Waals surface area (Å²) in [5.41, 5.74) is 4.64. The number of pyridine rings is 1. The monoisotopic (exact) mass is 595 g/mol. The number of carbonyl (C=O) groups is 1. The molecule has 44 heavy (non-hydrogen) atoms. The summed E-state index contributed by atoms with van der Waals surface area (Å²) in [4.78, 5) is 25.6. The first-order chi connectivity index (χ1) is 21.5. The van der Waals surface area contributed by atoms with Gasteiger partial charge in [0.25, 0.3) is 5.91 Å². The molecule has 0 bridgehead atoms. The van der Waals surface area contributed by atoms with Crippen molar-refractivity contribution < 1.29 is 19.0 Å². The number of hydrogen-bond acceptors (Lipinski definition) is 8. The van der Waals surface area contributed by atoms with E-state index in [2.05, 4.69) is 44.3 Å². The van der Waals surface area contributed by atoms with Crippen molar-refractivity contribution in [2.45, 2.75) is 50.1 Å². The molecular weight excluding hydrogens is 558 g/mol. The largest absolute Gasteiger partial charge is 0.382 e. The third-order valence-corrected chi connectivity index (χ3v) is 8.85. The van der Waals surface area contributed by atoms with Gasteiger partial charge < -0.3 is 29.0 Å². The van der Waals surface area contributed by atoms with Crippen molar-refractivity contribution in [1.29, 1.82) is 0 Å². The van der Waals surface area contributed by atoms with E-state index in [1.54, 1.807) is 24.9 Å². The second-order valence-electron chi connectivity index (χ2n) is 11.7. The molecule has 1 saturated heterocycles. The van der Waals surface area contributed by atoms with Crippen molar-refractivity contribution in [3.8, 4) is 11.3 Å². The average Bonchev–Trinajstić information content (AvgIpc) is 3.77. The van der Waals surface area contributed by atoms with E-state index < -0.39 is 0 Å². The van der Waals surface area contributed by atoms with Crippen LogP contribution in [0.15, 0.2) is 67.1 Å². The summed E-state index contributed by atoms with van der Waals surface area (Å²) < 4.78 is 20.8. The summed E-state index contributed by atoms with van der Waals surface area (Å²) in [6.45, 7) is 1.80. The Morgan fingerprint density at radius 2 is 2.00 bits per heavy atom. The van der Waals surface area contributed by atoms with E-state index >= 15 is 0 Å². The summed E-state index contributed by atoms with van der Waals surface area (Å²) in [6.07, 6.45) is 8.27. The van der Waals surface area contributed by atoms with E-state index in [0.717, 1.165) is 52.9 Å². The van der Waals surface area contributed by atoms with Gasteiger partial charge in [-0.15, -0.1) is 0 Å². The molecule has 1 N–H and O–H groups in total. The van der Waals surface area contributed by atoms with Crippen LogP contribution in [0.25, 0.3) is 27.9 Å². The highest BCUT2D eigenvalue weighted by molar-refractivity contribution is 6.01. The SMILES string of the molecule is COC[C@H]1C[C@@H](n2cc(-c3cc(N(C)Cc4ccccc4)n4ncc(C(=O)N[C@@H]5CC[C@H]5OC)c4n3)c3cccnc32)CO1. The van der Waals surface area contributed by atoms with Crippen LogP contribution in [0, 0.1) is 0 Å². The van der Waals surface area contributed by atoms with Gasteiger partial charge in [0.05, 0.1) is 49.4 Å². The van der Waals surface area contributed by atoms with Crippen molar-refractivity contribution in [2.75, 3.05) is 39.4 Å². The first-order valence-electron chi connectivity index (χ1n) is 15.1. The normalized spacial score (nSPS) is 21.5. The number of ether oxygens (including phenoxy) is 3. The molecule has 1 aromatic carbocycles. The summed E-state index contributed by atoms with van der Waals surface area (Å²) in [5, 5.41) is 8.78. The van der Waals surface area contributed by atoms with Gasteiger partial charge in [-0.25, -0.2) is 9.97 Å². The lowest BCUT2D eigenvalue weighted by atomic mass is 9.89. The molecule has 1 amide bonds. The van der Waals surface area contributed by atoms with E-state index in [4.69, 9.17) is 24.2 Å². The maximum Gasteiger partial charge on any atom is 0.257 e. The lowest BCUT2D eigenvalue weighted by molar-refractivity contribution is 0.00732. The highest BCUT2D eigenvalue weighted by Crippen LogP contribution is 2.36. The molecule has 0 unspecified atom stereocenters. The zero-order valence-corrected chi connectivity index (χ0v) is 25.2. The first kappa shape index (κ1) is 28.5. The van der Waals surface area contributed by atoms with Crippen LogP contribution in [-0.2, 0) is 20.8 Å². The summed E-state index contributed by atoms with van der Waals surface area (Å²) in [5.74, 6) is 0.616. The Morgan fingerprint density at radius 1 is 1.14 bits per heavy atom. The predicted octanol–water partition coefficient (Wildman–Crippen LogP) is 4.27. The standard InChI is InChI=1S/C33H37N7O4/c1-38(17-21-8-5-4-6-9-21)30-15-28(36-32-25(16-35-40(30)32)33(41)37-27-11-12-29(27)43-3)26-18-39(31-24(26)10-7-13-34-31)22-14-23(20-42-2)44-19-22/h4-10,13,15-16,18,22-23,27,29H,11-12,14,17,19-20H2,1-3H3,(H,37,41)/t22-,23-,27-,29-/m1/s1. The molecule has 11 heteroatoms. The van der Waals surface area contributed by atoms with Crippen molar-refractivity contribution in [2.24, 2.45) is 0 Å². The second-order valence-corrected chi connectivity index (χ2v) is 11.7. The van der Waals surface area contributed by atoms with E-state index in [0.29, 0.717) is 31.0 Å². The van der Waals surface area contributed by atoms with Crippen LogP contribution in [0.4, 0.5) is 5.82 Å². The Hall–Kier alpha value is -4.32. The molecule has 4 atom stereocenters. The van der Waals surface area contributed by atoms with Crippen molar-refractivity contribution in [1.82, 2.24) is 29.5 Å². The van der Waals surface area contributed by atoms with Gasteiger partial charge in [0.2, 0.25) is 0 Å². The minimum Gasteiger partial charge on any atom is -0.382 e. The molecule has 0 spiro atoms. The number of amides is 1. The third-order valence-electron chi connectivity index (χ3n) is 8.85. The van der Waals surface area contributed by atoms with Crippen LogP contribution in [0.2, 0.25) is 0 Å². The van der Waals surface area contributed by atoms with E-state index in [-0.39, 0.29) is 30.2 Å². The highest BCUT2D eigenvalue weighted by Gasteiger charge is 2.33. The minimum absolute atomic E-state index is 0.0227. The molecule has 0 radical (unpaired) electrons. The van der Waals surface area contributed by atoms with E-state index in [1.165, 1.54) is 0 Å². The fourth-order valence-corrected chi connectivity index (χ4v) is 6.37. The van der Waals surface area contributed by atoms with Gasteiger partial charge in [-0.05, 0) is 37.0 Å². The molecule has 5 aromatic rings. The van der Waals surface area contributed by atoms with Gasteiger partial charge >= 0.3 is 0 Å². The van der Waals surface area contributed by atoms with Crippen LogP contribution in [0.1, 0.15) is 41.2 Å². The quantitative estimate of drug-likeness (QED) is 0.255. The van der Waals surface area contributed by atoms with Crippen molar-refractivity contribution >= 4 is 28.4 Å². The molecule has 7 rings (SSSR count). The Labute approximate surface area is 255 Å². The molecule has 5 heterocycles. The van der Waals surface area contributed by atoms with Gasteiger partial charge in [0, 0.05) is 57.2 Å². The predicted molar refractivity (Wildman–Crippen MR) is 167 cm³/mol. The summed E-state index contributed by atoms with van der Waals surface area (Å²) in [7, 11) is 5.41. The van der Waals surface area contributed by atoms with Crippen LogP contribution < -0.4 is 10.2 Å². The van der Waals surface area contributed by atoms with Gasteiger partial charge in [-0.1, -0.05) is 30.3 Å². The molecule has 4 aromatic heterocycles. The smallest absolute Gasteiger partial charge is 0.257 e. The van der Waals surface area contributed by atoms with Gasteiger partial charge in [0.1, 0.15) is 17.0 Å². The third kappa shape index (κ3) is 5.21. The van der Waals surface area contributed by atoms with Crippen molar-refractivity contribution in [3.63, 3.8) is 0 Å². The molecule has 2 aliphatic rings. The fraction of sp³-hybridized carbons (Fsp3) is 0.394. The number of rotatable bonds is 10. The Kier molecular flexibility index (Phi) is 7.75. The minimum atomic E-state index is -0.204. The summed E-state index contributed by atoms with van der Waals surface area (Å²) in [6, 6.07) is 16.4. The van der Waals surface area contributed by atoms with Crippen LogP contribution >= 0.6 is 0 Å². The number of hydrogen-bond donors (Lipinski definition) is 1. The molecule has 1 aliphatic carbocycles. The lowest BCUT2D eigenvalue weighted by Crippen LogP contribution is -2.51.